The molecule has 0 aliphatic heterocycles. The van der Waals surface area contributed by atoms with E-state index in [0.29, 0.717) is 5.75 Å². The van der Waals surface area contributed by atoms with Crippen LogP contribution in [0.2, 0.25) is 0 Å². The molecule has 1 aliphatic carbocycles. The van der Waals surface area contributed by atoms with Crippen molar-refractivity contribution >= 4 is 39.2 Å². The van der Waals surface area contributed by atoms with Crippen LogP contribution >= 0.6 is 23.1 Å². The maximum absolute atomic E-state index is 11.4. The number of carbonyl (C=O) groups excluding carboxylic acids is 1. The molecule has 0 fully saturated rings. The maximum Gasteiger partial charge on any atom is 0.230 e. The topological polar surface area (TPSA) is 54.9 Å². The molecule has 106 valence electrons. The first-order valence-electron chi connectivity index (χ1n) is 6.77. The van der Waals surface area contributed by atoms with Crippen molar-refractivity contribution in [2.24, 2.45) is 5.92 Å². The van der Waals surface area contributed by atoms with Gasteiger partial charge in [-0.15, -0.1) is 11.3 Å². The Hall–Kier alpha value is -1.14. The van der Waals surface area contributed by atoms with Crippen molar-refractivity contribution in [2.45, 2.75) is 31.2 Å². The molecular formula is C14H17N3OS2. The molecule has 0 saturated heterocycles. The van der Waals surface area contributed by atoms with Crippen LogP contribution in [0.4, 0.5) is 0 Å². The highest BCUT2D eigenvalue weighted by Gasteiger charge is 2.23. The smallest absolute Gasteiger partial charge is 0.230 e. The molecule has 0 spiro atoms. The average Bonchev–Trinajstić information content (AvgIpc) is 2.82. The van der Waals surface area contributed by atoms with Gasteiger partial charge in [0.05, 0.1) is 5.75 Å². The Balaban J connectivity index is 1.98. The lowest BCUT2D eigenvalue weighted by atomic mass is 9.89. The summed E-state index contributed by atoms with van der Waals surface area (Å²) in [6.07, 6.45) is 5.10. The monoisotopic (exact) mass is 307 g/mol. The van der Waals surface area contributed by atoms with Crippen LogP contribution in [0.15, 0.2) is 11.4 Å². The van der Waals surface area contributed by atoms with E-state index in [-0.39, 0.29) is 5.91 Å². The third-order valence-electron chi connectivity index (χ3n) is 3.68. The van der Waals surface area contributed by atoms with Crippen molar-refractivity contribution in [1.29, 1.82) is 0 Å². The molecule has 0 unspecified atom stereocenters. The Bertz CT molecular complexity index is 653. The predicted octanol–water partition coefficient (Wildman–Crippen LogP) is 2.65. The number of hydrogen-bond donors (Lipinski definition) is 1. The number of thioether (sulfide) groups is 1. The first-order valence-corrected chi connectivity index (χ1v) is 8.58. The molecule has 1 amide bonds. The number of aryl methyl sites for hydroxylation is 1. The molecule has 0 bridgehead atoms. The molecule has 2 aromatic rings. The minimum Gasteiger partial charge on any atom is -0.358 e. The highest BCUT2D eigenvalue weighted by Crippen LogP contribution is 2.40. The third kappa shape index (κ3) is 2.54. The van der Waals surface area contributed by atoms with Crippen LogP contribution < -0.4 is 5.32 Å². The molecule has 4 nitrogen and oxygen atoms in total. The highest BCUT2D eigenvalue weighted by atomic mass is 32.2. The second-order valence-corrected chi connectivity index (χ2v) is 7.22. The number of thiophene rings is 1. The Labute approximate surface area is 126 Å². The van der Waals surface area contributed by atoms with E-state index in [0.717, 1.165) is 28.6 Å². The van der Waals surface area contributed by atoms with E-state index in [1.165, 1.54) is 34.0 Å². The minimum absolute atomic E-state index is 0.0273. The summed E-state index contributed by atoms with van der Waals surface area (Å²) in [6, 6.07) is 0. The van der Waals surface area contributed by atoms with Gasteiger partial charge in [-0.3, -0.25) is 4.79 Å². The molecule has 20 heavy (non-hydrogen) atoms. The number of amides is 1. The maximum atomic E-state index is 11.4. The van der Waals surface area contributed by atoms with Crippen molar-refractivity contribution < 1.29 is 4.79 Å². The van der Waals surface area contributed by atoms with Gasteiger partial charge in [0.25, 0.3) is 0 Å². The molecule has 0 saturated carbocycles. The summed E-state index contributed by atoms with van der Waals surface area (Å²) >= 11 is 3.30. The minimum atomic E-state index is 0.0273. The second-order valence-electron chi connectivity index (χ2n) is 5.17. The van der Waals surface area contributed by atoms with Gasteiger partial charge in [0.1, 0.15) is 16.2 Å². The molecule has 0 radical (unpaired) electrons. The van der Waals surface area contributed by atoms with Gasteiger partial charge in [-0.25, -0.2) is 9.97 Å². The molecule has 2 heterocycles. The fourth-order valence-electron chi connectivity index (χ4n) is 2.56. The van der Waals surface area contributed by atoms with Crippen molar-refractivity contribution in [2.75, 3.05) is 12.8 Å². The Morgan fingerprint density at radius 1 is 1.55 bits per heavy atom. The molecule has 2 aromatic heterocycles. The van der Waals surface area contributed by atoms with Crippen LogP contribution in [0.25, 0.3) is 10.2 Å². The van der Waals surface area contributed by atoms with Gasteiger partial charge in [0.15, 0.2) is 0 Å². The Kier molecular flexibility index (Phi) is 3.94. The summed E-state index contributed by atoms with van der Waals surface area (Å²) in [4.78, 5) is 22.7. The molecule has 1 atom stereocenters. The lowest BCUT2D eigenvalue weighted by Crippen LogP contribution is -2.19. The second kappa shape index (κ2) is 5.69. The van der Waals surface area contributed by atoms with Gasteiger partial charge in [0.2, 0.25) is 5.91 Å². The first-order chi connectivity index (χ1) is 9.69. The number of rotatable bonds is 3. The van der Waals surface area contributed by atoms with E-state index in [4.69, 9.17) is 0 Å². The van der Waals surface area contributed by atoms with Crippen molar-refractivity contribution in [3.05, 3.63) is 16.8 Å². The van der Waals surface area contributed by atoms with Crippen LogP contribution in [-0.4, -0.2) is 28.7 Å². The Morgan fingerprint density at radius 2 is 2.40 bits per heavy atom. The van der Waals surface area contributed by atoms with Crippen LogP contribution in [0.5, 0.6) is 0 Å². The van der Waals surface area contributed by atoms with E-state index >= 15 is 0 Å². The number of carbonyl (C=O) groups is 1. The summed E-state index contributed by atoms with van der Waals surface area (Å²) in [7, 11) is 1.66. The summed E-state index contributed by atoms with van der Waals surface area (Å²) < 4.78 is 0. The van der Waals surface area contributed by atoms with Crippen LogP contribution in [0.3, 0.4) is 0 Å². The van der Waals surface area contributed by atoms with Crippen molar-refractivity contribution in [1.82, 2.24) is 15.3 Å². The standard InChI is InChI=1S/C14H17N3OS2/c1-8-3-4-9-10(5-8)20-14-12(9)13(16-7-17-14)19-6-11(18)15-2/h7-8H,3-6H2,1-2H3,(H,15,18)/t8-/m0/s1. The van der Waals surface area contributed by atoms with E-state index in [9.17, 15) is 4.79 Å². The van der Waals surface area contributed by atoms with E-state index in [1.807, 2.05) is 0 Å². The third-order valence-corrected chi connectivity index (χ3v) is 5.83. The fourth-order valence-corrected chi connectivity index (χ4v) is 4.87. The van der Waals surface area contributed by atoms with Gasteiger partial charge in [-0.1, -0.05) is 18.7 Å². The SMILES string of the molecule is CNC(=O)CSc1ncnc2sc3c(c12)CC[C@H](C)C3. The summed E-state index contributed by atoms with van der Waals surface area (Å²) in [5.41, 5.74) is 1.42. The number of nitrogens with one attached hydrogen (secondary N) is 1. The van der Waals surface area contributed by atoms with Gasteiger partial charge in [-0.05, 0) is 30.7 Å². The summed E-state index contributed by atoms with van der Waals surface area (Å²) in [5.74, 6) is 1.19. The molecule has 3 rings (SSSR count). The number of hydrogen-bond acceptors (Lipinski definition) is 5. The zero-order chi connectivity index (χ0) is 14.1. The molecule has 6 heteroatoms. The lowest BCUT2D eigenvalue weighted by Gasteiger charge is -2.18. The lowest BCUT2D eigenvalue weighted by molar-refractivity contribution is -0.118. The number of nitrogens with zero attached hydrogens (tertiary/aromatic N) is 2. The van der Waals surface area contributed by atoms with Crippen LogP contribution in [-0.2, 0) is 17.6 Å². The molecular weight excluding hydrogens is 290 g/mol. The van der Waals surface area contributed by atoms with E-state index < -0.39 is 0 Å². The van der Waals surface area contributed by atoms with Crippen molar-refractivity contribution in [3.8, 4) is 0 Å². The quantitative estimate of drug-likeness (QED) is 0.699. The predicted molar refractivity (Wildman–Crippen MR) is 83.4 cm³/mol. The summed E-state index contributed by atoms with van der Waals surface area (Å²) in [5, 5.41) is 4.78. The molecule has 1 N–H and O–H groups in total. The Morgan fingerprint density at radius 3 is 3.20 bits per heavy atom. The number of fused-ring (bicyclic) bond motifs is 3. The van der Waals surface area contributed by atoms with Gasteiger partial charge in [0, 0.05) is 17.3 Å². The van der Waals surface area contributed by atoms with Crippen LogP contribution in [0.1, 0.15) is 23.8 Å². The first kappa shape index (κ1) is 13.8. The van der Waals surface area contributed by atoms with Gasteiger partial charge >= 0.3 is 0 Å². The highest BCUT2D eigenvalue weighted by molar-refractivity contribution is 8.00. The van der Waals surface area contributed by atoms with Gasteiger partial charge < -0.3 is 5.32 Å². The fraction of sp³-hybridized carbons (Fsp3) is 0.500. The molecule has 1 aliphatic rings. The zero-order valence-electron chi connectivity index (χ0n) is 11.6. The number of aromatic nitrogens is 2. The largest absolute Gasteiger partial charge is 0.358 e. The van der Waals surface area contributed by atoms with Crippen LogP contribution in [0, 0.1) is 5.92 Å². The average molecular weight is 307 g/mol. The molecule has 0 aromatic carbocycles. The van der Waals surface area contributed by atoms with E-state index in [1.54, 1.807) is 24.7 Å². The summed E-state index contributed by atoms with van der Waals surface area (Å²) in [6.45, 7) is 2.31. The normalized spacial score (nSPS) is 18.0. The van der Waals surface area contributed by atoms with E-state index in [2.05, 4.69) is 22.2 Å². The van der Waals surface area contributed by atoms with Gasteiger partial charge in [-0.2, -0.15) is 0 Å². The zero-order valence-corrected chi connectivity index (χ0v) is 13.2. The van der Waals surface area contributed by atoms with Crippen molar-refractivity contribution in [3.63, 3.8) is 0 Å².